The predicted molar refractivity (Wildman–Crippen MR) is 270 cm³/mol. The van der Waals surface area contributed by atoms with Gasteiger partial charge in [0.2, 0.25) is 0 Å². The van der Waals surface area contributed by atoms with E-state index in [4.69, 9.17) is 12.7 Å². The number of imidazole rings is 1. The van der Waals surface area contributed by atoms with Gasteiger partial charge in [0.15, 0.2) is 0 Å². The Morgan fingerprint density at radius 1 is 0.609 bits per heavy atom. The topological polar surface area (TPSA) is 50.9 Å². The Morgan fingerprint density at radius 2 is 1.23 bits per heavy atom. The Morgan fingerprint density at radius 3 is 1.86 bits per heavy atom. The molecule has 0 aliphatic heterocycles. The zero-order valence-corrected chi connectivity index (χ0v) is 42.7. The second-order valence-electron chi connectivity index (χ2n) is 21.1. The van der Waals surface area contributed by atoms with Crippen LogP contribution in [0, 0.1) is 6.07 Å². The van der Waals surface area contributed by atoms with Crippen molar-refractivity contribution in [1.29, 1.82) is 0 Å². The number of phenolic OH excluding ortho intramolecular Hbond substituents is 1. The fraction of sp³-hybridized carbons (Fsp3) is 0.276. The maximum Gasteiger partial charge on any atom is 0.148 e. The number of phenols is 1. The summed E-state index contributed by atoms with van der Waals surface area (Å²) in [4.78, 5) is 10.5. The van der Waals surface area contributed by atoms with Crippen molar-refractivity contribution in [2.24, 2.45) is 0 Å². The second-order valence-corrected chi connectivity index (χ2v) is 25.8. The van der Waals surface area contributed by atoms with Crippen LogP contribution in [0.3, 0.4) is 0 Å². The van der Waals surface area contributed by atoms with Crippen molar-refractivity contribution in [2.45, 2.75) is 104 Å². The monoisotopic (exact) mass is 1040 g/mol. The largest absolute Gasteiger partial charge is 0.507 e. The molecular weight excluding hydrogens is 978 g/mol. The minimum Gasteiger partial charge on any atom is -0.507 e. The van der Waals surface area contributed by atoms with Crippen molar-refractivity contribution in [2.75, 3.05) is 0 Å². The van der Waals surface area contributed by atoms with Gasteiger partial charge in [0, 0.05) is 54.9 Å². The maximum absolute atomic E-state index is 12.6. The van der Waals surface area contributed by atoms with Crippen LogP contribution in [0.2, 0.25) is 19.6 Å². The van der Waals surface area contributed by atoms with E-state index in [2.05, 4.69) is 202 Å². The standard InChI is InChI=1S/C58H62N3OSi.Pt/c1-56(2,3)44-32-42(31-43(33-44)50-30-38(28-29-59-50)37-63(10,11)12)46-24-19-25-52-53(46)60-55(48-35-45(57(4,5)6)36-49(54(48)62)58(7,8)9)61(52)51-27-26-41(39-20-15-13-16-21-39)34-47(51)40-22-17-14-18-23-40;/h13-30,32-36,62H,37H2,1-12H3;/q-1;/i37D2;. The third kappa shape index (κ3) is 9.67. The van der Waals surface area contributed by atoms with Crippen molar-refractivity contribution >= 4 is 19.1 Å². The number of benzene rings is 6. The van der Waals surface area contributed by atoms with Crippen LogP contribution in [0.1, 0.15) is 87.3 Å². The van der Waals surface area contributed by atoms with E-state index in [9.17, 15) is 5.11 Å². The van der Waals surface area contributed by atoms with Gasteiger partial charge >= 0.3 is 0 Å². The summed E-state index contributed by atoms with van der Waals surface area (Å²) in [6, 6.07) is 50.1. The molecule has 0 aliphatic rings. The van der Waals surface area contributed by atoms with Crippen LogP contribution in [0.4, 0.5) is 0 Å². The van der Waals surface area contributed by atoms with E-state index in [1.807, 2.05) is 24.3 Å². The van der Waals surface area contributed by atoms with E-state index in [0.717, 1.165) is 72.4 Å². The maximum atomic E-state index is 12.6. The number of rotatable bonds is 8. The molecule has 0 radical (unpaired) electrons. The molecule has 4 nitrogen and oxygen atoms in total. The summed E-state index contributed by atoms with van der Waals surface area (Å²) >= 11 is 0. The molecule has 8 rings (SSSR count). The Bertz CT molecular complexity index is 3060. The number of nitrogens with zero attached hydrogens (tertiary/aromatic N) is 3. The van der Waals surface area contributed by atoms with Gasteiger partial charge in [-0.05, 0) is 74.8 Å². The van der Waals surface area contributed by atoms with Gasteiger partial charge in [0.1, 0.15) is 11.6 Å². The van der Waals surface area contributed by atoms with Crippen molar-refractivity contribution in [3.8, 4) is 67.5 Å². The summed E-state index contributed by atoms with van der Waals surface area (Å²) in [5.74, 6) is -0.593. The molecule has 330 valence electrons. The number of aromatic hydroxyl groups is 1. The van der Waals surface area contributed by atoms with Crippen LogP contribution in [0.25, 0.3) is 72.7 Å². The first-order valence-corrected chi connectivity index (χ1v) is 25.6. The number of hydrogen-bond donors (Lipinski definition) is 1. The summed E-state index contributed by atoms with van der Waals surface area (Å²) in [7, 11) is -2.26. The fourth-order valence-corrected chi connectivity index (χ4v) is 9.34. The van der Waals surface area contributed by atoms with Gasteiger partial charge in [-0.2, -0.15) is 0 Å². The van der Waals surface area contributed by atoms with E-state index < -0.39 is 14.1 Å². The molecule has 0 unspecified atom stereocenters. The molecule has 0 atom stereocenters. The van der Waals surface area contributed by atoms with Crippen LogP contribution in [0.15, 0.2) is 140 Å². The predicted octanol–water partition coefficient (Wildman–Crippen LogP) is 15.6. The SMILES string of the molecule is [2H]C([2H])(c1ccnc(-c2[c-]c(-c3cccc4c3nc(-c3cc(C(C)(C)C)cc(C(C)(C)C)c3O)n4-c3ccc(-c4ccccc4)cc3-c3ccccc3)cc(C(C)(C)C)c2)c1)[Si](C)(C)C.[Pt]. The second kappa shape index (κ2) is 17.6. The smallest absolute Gasteiger partial charge is 0.148 e. The van der Waals surface area contributed by atoms with Crippen molar-refractivity contribution in [3.63, 3.8) is 0 Å². The van der Waals surface area contributed by atoms with Crippen molar-refractivity contribution in [3.05, 3.63) is 168 Å². The van der Waals surface area contributed by atoms with E-state index in [0.29, 0.717) is 22.6 Å². The average molecular weight is 1040 g/mol. The number of pyridine rings is 1. The minimum atomic E-state index is -2.26. The molecule has 0 saturated heterocycles. The van der Waals surface area contributed by atoms with Crippen LogP contribution < -0.4 is 0 Å². The summed E-state index contributed by atoms with van der Waals surface area (Å²) < 4.78 is 20.5. The van der Waals surface area contributed by atoms with E-state index in [1.165, 1.54) is 0 Å². The number of fused-ring (bicyclic) bond motifs is 1. The number of aromatic nitrogens is 3. The van der Waals surface area contributed by atoms with Gasteiger partial charge in [-0.3, -0.25) is 9.55 Å². The fourth-order valence-electron chi connectivity index (χ4n) is 8.32. The third-order valence-electron chi connectivity index (χ3n) is 11.7. The zero-order chi connectivity index (χ0) is 46.9. The van der Waals surface area contributed by atoms with E-state index >= 15 is 0 Å². The molecule has 64 heavy (non-hydrogen) atoms. The molecule has 2 aromatic heterocycles. The molecular formula is C58H62N3OPtSi-. The van der Waals surface area contributed by atoms with Crippen LogP contribution >= 0.6 is 0 Å². The van der Waals surface area contributed by atoms with E-state index in [-0.39, 0.29) is 43.1 Å². The van der Waals surface area contributed by atoms with Crippen molar-refractivity contribution < 1.29 is 28.9 Å². The molecule has 0 saturated carbocycles. The van der Waals surface area contributed by atoms with Gasteiger partial charge in [-0.1, -0.05) is 190 Å². The minimum absolute atomic E-state index is 0. The normalized spacial score (nSPS) is 13.1. The zero-order valence-electron chi connectivity index (χ0n) is 41.4. The van der Waals surface area contributed by atoms with Gasteiger partial charge in [-0.25, -0.2) is 4.98 Å². The quantitative estimate of drug-likeness (QED) is 0.122. The molecule has 0 bridgehead atoms. The first kappa shape index (κ1) is 43.9. The Labute approximate surface area is 400 Å². The summed E-state index contributed by atoms with van der Waals surface area (Å²) in [6.07, 6.45) is 1.73. The molecule has 6 aromatic carbocycles. The molecule has 6 heteroatoms. The third-order valence-corrected chi connectivity index (χ3v) is 12.8. The molecule has 0 spiro atoms. The summed E-state index contributed by atoms with van der Waals surface area (Å²) in [5, 5.41) is 12.6. The first-order chi connectivity index (χ1) is 30.4. The molecule has 1 N–H and O–H groups in total. The van der Waals surface area contributed by atoms with Crippen LogP contribution in [-0.4, -0.2) is 27.7 Å². The Balaban J connectivity index is 0.00000648. The van der Waals surface area contributed by atoms with E-state index in [1.54, 1.807) is 6.20 Å². The van der Waals surface area contributed by atoms with Gasteiger partial charge in [-0.15, -0.1) is 29.3 Å². The van der Waals surface area contributed by atoms with Crippen molar-refractivity contribution in [1.82, 2.24) is 14.5 Å². The van der Waals surface area contributed by atoms with Gasteiger partial charge in [0.25, 0.3) is 0 Å². The van der Waals surface area contributed by atoms with Gasteiger partial charge in [0.05, 0.1) is 22.3 Å². The van der Waals surface area contributed by atoms with Crippen LogP contribution in [0.5, 0.6) is 5.75 Å². The average Bonchev–Trinajstić information content (AvgIpc) is 3.64. The van der Waals surface area contributed by atoms with Crippen LogP contribution in [-0.2, 0) is 43.3 Å². The number of hydrogen-bond acceptors (Lipinski definition) is 3. The van der Waals surface area contributed by atoms with Gasteiger partial charge < -0.3 is 5.11 Å². The molecule has 0 aliphatic carbocycles. The first-order valence-electron chi connectivity index (χ1n) is 23.1. The summed E-state index contributed by atoms with van der Waals surface area (Å²) in [6.45, 7) is 25.9. The number of para-hydroxylation sites is 1. The Kier molecular flexibility index (Phi) is 12.0. The molecule has 2 heterocycles. The molecule has 0 fully saturated rings. The Hall–Kier alpha value is -5.35. The summed E-state index contributed by atoms with van der Waals surface area (Å²) in [5.41, 5.74) is 13.8. The molecule has 0 amide bonds. The molecule has 8 aromatic rings.